The summed E-state index contributed by atoms with van der Waals surface area (Å²) >= 11 is 0. The second kappa shape index (κ2) is 4.23. The molecule has 68 valence electrons. The Morgan fingerprint density at radius 3 is 2.83 bits per heavy atom. The Balaban J connectivity index is 2.14. The number of carboxylic acids is 1. The summed E-state index contributed by atoms with van der Waals surface area (Å²) in [7, 11) is 0. The van der Waals surface area contributed by atoms with E-state index in [0.29, 0.717) is 18.2 Å². The Kier molecular flexibility index (Phi) is 3.25. The first kappa shape index (κ1) is 9.22. The first-order valence-corrected chi connectivity index (χ1v) is 3.91. The second-order valence-electron chi connectivity index (χ2n) is 2.83. The van der Waals surface area contributed by atoms with Gasteiger partial charge in [-0.05, 0) is 6.92 Å². The molecule has 0 bridgehead atoms. The molecule has 1 saturated heterocycles. The van der Waals surface area contributed by atoms with Crippen LogP contribution < -0.4 is 5.32 Å². The van der Waals surface area contributed by atoms with E-state index in [0.717, 1.165) is 13.2 Å². The summed E-state index contributed by atoms with van der Waals surface area (Å²) in [5.41, 5.74) is 0.378. The van der Waals surface area contributed by atoms with Gasteiger partial charge in [0.15, 0.2) is 0 Å². The van der Waals surface area contributed by atoms with Crippen LogP contribution in [-0.4, -0.2) is 36.9 Å². The van der Waals surface area contributed by atoms with Crippen molar-refractivity contribution < 1.29 is 14.6 Å². The van der Waals surface area contributed by atoms with Crippen molar-refractivity contribution in [1.29, 1.82) is 0 Å². The van der Waals surface area contributed by atoms with E-state index >= 15 is 0 Å². The van der Waals surface area contributed by atoms with Gasteiger partial charge in [-0.15, -0.1) is 0 Å². The quantitative estimate of drug-likeness (QED) is 0.585. The molecule has 1 aliphatic heterocycles. The van der Waals surface area contributed by atoms with Crippen molar-refractivity contribution in [3.8, 4) is 0 Å². The summed E-state index contributed by atoms with van der Waals surface area (Å²) in [6, 6.07) is 0.405. The molecule has 4 heteroatoms. The number of ether oxygens (including phenoxy) is 1. The van der Waals surface area contributed by atoms with Gasteiger partial charge in [-0.1, -0.05) is 6.08 Å². The van der Waals surface area contributed by atoms with Crippen LogP contribution in [-0.2, 0) is 9.53 Å². The highest BCUT2D eigenvalue weighted by molar-refractivity contribution is 5.85. The molecule has 0 aromatic heterocycles. The fraction of sp³-hybridized carbons (Fsp3) is 0.625. The minimum atomic E-state index is -0.860. The molecular weight excluding hydrogens is 158 g/mol. The van der Waals surface area contributed by atoms with Crippen LogP contribution in [0.2, 0.25) is 0 Å². The summed E-state index contributed by atoms with van der Waals surface area (Å²) in [5.74, 6) is -0.860. The van der Waals surface area contributed by atoms with Gasteiger partial charge in [0.1, 0.15) is 0 Å². The molecule has 4 nitrogen and oxygen atoms in total. The number of carboxylic acid groups (broad SMARTS) is 1. The molecule has 0 atom stereocenters. The van der Waals surface area contributed by atoms with Gasteiger partial charge < -0.3 is 15.2 Å². The average molecular weight is 171 g/mol. The second-order valence-corrected chi connectivity index (χ2v) is 2.83. The fourth-order valence-electron chi connectivity index (χ4n) is 0.820. The number of nitrogens with one attached hydrogen (secondary N) is 1. The van der Waals surface area contributed by atoms with Gasteiger partial charge >= 0.3 is 5.97 Å². The van der Waals surface area contributed by atoms with E-state index in [-0.39, 0.29) is 0 Å². The zero-order valence-corrected chi connectivity index (χ0v) is 7.04. The van der Waals surface area contributed by atoms with E-state index in [1.165, 1.54) is 0 Å². The number of hydrogen-bond donors (Lipinski definition) is 2. The Morgan fingerprint density at radius 1 is 1.75 bits per heavy atom. The van der Waals surface area contributed by atoms with E-state index in [1.54, 1.807) is 13.0 Å². The zero-order valence-electron chi connectivity index (χ0n) is 7.04. The molecule has 12 heavy (non-hydrogen) atoms. The number of carbonyl (C=O) groups is 1. The summed E-state index contributed by atoms with van der Waals surface area (Å²) in [4.78, 5) is 10.3. The minimum absolute atomic E-state index is 0.378. The third kappa shape index (κ3) is 2.64. The standard InChI is InChI=1S/C8H13NO3/c1-6(8(10)11)2-3-9-7-4-12-5-7/h2,7,9H,3-5H2,1H3,(H,10,11). The molecule has 0 amide bonds. The molecule has 1 heterocycles. The summed E-state index contributed by atoms with van der Waals surface area (Å²) in [6.07, 6.45) is 1.67. The van der Waals surface area contributed by atoms with Gasteiger partial charge in [0, 0.05) is 12.1 Å². The predicted octanol–water partition coefficient (Wildman–Crippen LogP) is 0.00570. The predicted molar refractivity (Wildman–Crippen MR) is 44.0 cm³/mol. The molecule has 0 unspecified atom stereocenters. The molecule has 0 spiro atoms. The summed E-state index contributed by atoms with van der Waals surface area (Å²) in [5, 5.41) is 11.6. The van der Waals surface area contributed by atoms with Crippen molar-refractivity contribution in [3.05, 3.63) is 11.6 Å². The van der Waals surface area contributed by atoms with Crippen LogP contribution in [0.1, 0.15) is 6.92 Å². The highest BCUT2D eigenvalue weighted by atomic mass is 16.5. The number of rotatable bonds is 4. The largest absolute Gasteiger partial charge is 0.478 e. The molecule has 1 fully saturated rings. The lowest BCUT2D eigenvalue weighted by Gasteiger charge is -2.26. The third-order valence-electron chi connectivity index (χ3n) is 1.79. The first-order chi connectivity index (χ1) is 5.70. The summed E-state index contributed by atoms with van der Waals surface area (Å²) < 4.78 is 4.94. The molecule has 0 aliphatic carbocycles. The van der Waals surface area contributed by atoms with Gasteiger partial charge in [-0.2, -0.15) is 0 Å². The molecule has 1 aliphatic rings. The topological polar surface area (TPSA) is 58.6 Å². The van der Waals surface area contributed by atoms with E-state index in [4.69, 9.17) is 9.84 Å². The van der Waals surface area contributed by atoms with Crippen LogP contribution >= 0.6 is 0 Å². The lowest BCUT2D eigenvalue weighted by molar-refractivity contribution is -0.132. The number of hydrogen-bond acceptors (Lipinski definition) is 3. The third-order valence-corrected chi connectivity index (χ3v) is 1.79. The Bertz CT molecular complexity index is 196. The van der Waals surface area contributed by atoms with E-state index in [1.807, 2.05) is 0 Å². The molecule has 0 radical (unpaired) electrons. The maximum Gasteiger partial charge on any atom is 0.330 e. The van der Waals surface area contributed by atoms with Crippen molar-refractivity contribution >= 4 is 5.97 Å². The van der Waals surface area contributed by atoms with Crippen molar-refractivity contribution in [2.45, 2.75) is 13.0 Å². The van der Waals surface area contributed by atoms with E-state index in [2.05, 4.69) is 5.32 Å². The summed E-state index contributed by atoms with van der Waals surface area (Å²) in [6.45, 7) is 3.66. The maximum absolute atomic E-state index is 10.3. The van der Waals surface area contributed by atoms with Crippen LogP contribution in [0.3, 0.4) is 0 Å². The highest BCUT2D eigenvalue weighted by Crippen LogP contribution is 1.99. The zero-order chi connectivity index (χ0) is 8.97. The lowest BCUT2D eigenvalue weighted by atomic mass is 10.2. The van der Waals surface area contributed by atoms with Crippen molar-refractivity contribution in [3.63, 3.8) is 0 Å². The van der Waals surface area contributed by atoms with Gasteiger partial charge in [-0.3, -0.25) is 0 Å². The van der Waals surface area contributed by atoms with Gasteiger partial charge in [0.2, 0.25) is 0 Å². The molecule has 0 saturated carbocycles. The van der Waals surface area contributed by atoms with Gasteiger partial charge in [-0.25, -0.2) is 4.79 Å². The monoisotopic (exact) mass is 171 g/mol. The maximum atomic E-state index is 10.3. The van der Waals surface area contributed by atoms with Crippen LogP contribution in [0.25, 0.3) is 0 Å². The Morgan fingerprint density at radius 2 is 2.42 bits per heavy atom. The van der Waals surface area contributed by atoms with Crippen molar-refractivity contribution in [1.82, 2.24) is 5.32 Å². The van der Waals surface area contributed by atoms with Gasteiger partial charge in [0.25, 0.3) is 0 Å². The van der Waals surface area contributed by atoms with Gasteiger partial charge in [0.05, 0.1) is 19.3 Å². The molecule has 2 N–H and O–H groups in total. The normalized spacial score (nSPS) is 18.9. The van der Waals surface area contributed by atoms with Crippen LogP contribution in [0.5, 0.6) is 0 Å². The number of aliphatic carboxylic acids is 1. The van der Waals surface area contributed by atoms with E-state index < -0.39 is 5.97 Å². The molecule has 0 aromatic rings. The first-order valence-electron chi connectivity index (χ1n) is 3.91. The Hall–Kier alpha value is -0.870. The van der Waals surface area contributed by atoms with Crippen LogP contribution in [0.15, 0.2) is 11.6 Å². The average Bonchev–Trinajstić information content (AvgIpc) is 1.93. The smallest absolute Gasteiger partial charge is 0.330 e. The molecule has 1 rings (SSSR count). The highest BCUT2D eigenvalue weighted by Gasteiger charge is 2.16. The fourth-order valence-corrected chi connectivity index (χ4v) is 0.820. The molecule has 0 aromatic carbocycles. The minimum Gasteiger partial charge on any atom is -0.478 e. The van der Waals surface area contributed by atoms with Crippen molar-refractivity contribution in [2.24, 2.45) is 0 Å². The molecular formula is C8H13NO3. The Labute approximate surface area is 71.2 Å². The van der Waals surface area contributed by atoms with E-state index in [9.17, 15) is 4.79 Å². The van der Waals surface area contributed by atoms with Crippen LogP contribution in [0.4, 0.5) is 0 Å². The SMILES string of the molecule is CC(=CCNC1COC1)C(=O)O. The lowest BCUT2D eigenvalue weighted by Crippen LogP contribution is -2.45. The van der Waals surface area contributed by atoms with Crippen LogP contribution in [0, 0.1) is 0 Å². The van der Waals surface area contributed by atoms with Crippen molar-refractivity contribution in [2.75, 3.05) is 19.8 Å².